The number of hydrogen-bond donors (Lipinski definition) is 0. The Balaban J connectivity index is 1.20. The SMILES string of the molecule is c1ccc(C2(c3ccccc3)c3ccccc3-c3c(N(c4ccc(-c5ccc6ccccc6c5)cc4)c4cccc5oc6ccccc6c45)cccc32)cc1. The van der Waals surface area contributed by atoms with Gasteiger partial charge < -0.3 is 9.32 Å². The lowest BCUT2D eigenvalue weighted by Crippen LogP contribution is -2.28. The molecule has 1 heterocycles. The fourth-order valence-electron chi connectivity index (χ4n) is 9.18. The fourth-order valence-corrected chi connectivity index (χ4v) is 9.18. The molecule has 0 radical (unpaired) electrons. The third kappa shape index (κ3) is 4.75. The van der Waals surface area contributed by atoms with Crippen molar-refractivity contribution in [3.63, 3.8) is 0 Å². The molecule has 0 bridgehead atoms. The molecule has 55 heavy (non-hydrogen) atoms. The first-order chi connectivity index (χ1) is 27.3. The van der Waals surface area contributed by atoms with Crippen LogP contribution in [0.3, 0.4) is 0 Å². The molecule has 9 aromatic carbocycles. The lowest BCUT2D eigenvalue weighted by atomic mass is 9.68. The number of para-hydroxylation sites is 1. The quantitative estimate of drug-likeness (QED) is 0.172. The molecule has 10 aromatic rings. The Bertz CT molecular complexity index is 2990. The van der Waals surface area contributed by atoms with Crippen molar-refractivity contribution in [3.05, 3.63) is 235 Å². The highest BCUT2D eigenvalue weighted by Gasteiger charge is 2.47. The first-order valence-electron chi connectivity index (χ1n) is 18.9. The summed E-state index contributed by atoms with van der Waals surface area (Å²) in [6, 6.07) is 77.0. The molecule has 1 aliphatic carbocycles. The molecule has 2 nitrogen and oxygen atoms in total. The van der Waals surface area contributed by atoms with Crippen molar-refractivity contribution in [2.75, 3.05) is 4.90 Å². The van der Waals surface area contributed by atoms with Crippen LogP contribution in [0.15, 0.2) is 217 Å². The maximum atomic E-state index is 6.50. The van der Waals surface area contributed by atoms with Gasteiger partial charge in [-0.1, -0.05) is 170 Å². The molecule has 0 saturated heterocycles. The maximum Gasteiger partial charge on any atom is 0.137 e. The van der Waals surface area contributed by atoms with E-state index in [1.54, 1.807) is 0 Å². The predicted octanol–water partition coefficient (Wildman–Crippen LogP) is 14.2. The minimum absolute atomic E-state index is 0.510. The number of fused-ring (bicyclic) bond motifs is 7. The van der Waals surface area contributed by atoms with Crippen LogP contribution >= 0.6 is 0 Å². The Hall–Kier alpha value is -7.16. The van der Waals surface area contributed by atoms with Crippen molar-refractivity contribution < 1.29 is 4.42 Å². The van der Waals surface area contributed by atoms with Gasteiger partial charge >= 0.3 is 0 Å². The zero-order chi connectivity index (χ0) is 36.3. The third-order valence-electron chi connectivity index (χ3n) is 11.5. The van der Waals surface area contributed by atoms with E-state index in [1.165, 1.54) is 55.3 Å². The van der Waals surface area contributed by atoms with Gasteiger partial charge in [-0.05, 0) is 92.2 Å². The van der Waals surface area contributed by atoms with Gasteiger partial charge in [-0.2, -0.15) is 0 Å². The zero-order valence-electron chi connectivity index (χ0n) is 30.1. The Morgan fingerprint density at radius 3 is 1.80 bits per heavy atom. The van der Waals surface area contributed by atoms with Crippen molar-refractivity contribution in [2.45, 2.75) is 5.41 Å². The second-order valence-electron chi connectivity index (χ2n) is 14.4. The Morgan fingerprint density at radius 2 is 1.00 bits per heavy atom. The second kappa shape index (κ2) is 12.5. The smallest absolute Gasteiger partial charge is 0.137 e. The van der Waals surface area contributed by atoms with Crippen molar-refractivity contribution >= 4 is 49.8 Å². The molecule has 0 fully saturated rings. The minimum Gasteiger partial charge on any atom is -0.456 e. The van der Waals surface area contributed by atoms with Crippen LogP contribution in [0.1, 0.15) is 22.3 Å². The monoisotopic (exact) mass is 701 g/mol. The van der Waals surface area contributed by atoms with Gasteiger partial charge in [0.15, 0.2) is 0 Å². The van der Waals surface area contributed by atoms with Crippen LogP contribution in [0.2, 0.25) is 0 Å². The molecule has 2 heteroatoms. The summed E-state index contributed by atoms with van der Waals surface area (Å²) in [6.45, 7) is 0. The predicted molar refractivity (Wildman–Crippen MR) is 229 cm³/mol. The van der Waals surface area contributed by atoms with Crippen molar-refractivity contribution in [3.8, 4) is 22.3 Å². The standard InChI is InChI=1S/C53H35NO/c1-3-17-40(18-4-1)53(41-19-5-2-6-20-41)45-23-11-9-21-43(45)51-46(53)24-13-25-47(51)54(48-26-14-28-50-52(48)44-22-10-12-27-49(44)55-50)42-33-31-37(32-34-42)39-30-29-36-15-7-8-16-38(36)35-39/h1-35H. The van der Waals surface area contributed by atoms with Crippen LogP contribution in [0.4, 0.5) is 17.1 Å². The largest absolute Gasteiger partial charge is 0.456 e. The van der Waals surface area contributed by atoms with Gasteiger partial charge in [-0.15, -0.1) is 0 Å². The number of furan rings is 1. The fraction of sp³-hybridized carbons (Fsp3) is 0.0189. The van der Waals surface area contributed by atoms with Crippen molar-refractivity contribution in [1.29, 1.82) is 0 Å². The van der Waals surface area contributed by atoms with Gasteiger partial charge in [-0.3, -0.25) is 0 Å². The summed E-state index contributed by atoms with van der Waals surface area (Å²) in [4.78, 5) is 2.45. The van der Waals surface area contributed by atoms with Gasteiger partial charge in [0.2, 0.25) is 0 Å². The van der Waals surface area contributed by atoms with Gasteiger partial charge in [0.25, 0.3) is 0 Å². The maximum absolute atomic E-state index is 6.50. The molecule has 0 amide bonds. The number of benzene rings is 9. The number of rotatable bonds is 6. The van der Waals surface area contributed by atoms with E-state index in [9.17, 15) is 0 Å². The Kier molecular flexibility index (Phi) is 7.11. The summed E-state index contributed by atoms with van der Waals surface area (Å²) < 4.78 is 6.50. The molecule has 0 N–H and O–H groups in total. The molecule has 0 saturated carbocycles. The average molecular weight is 702 g/mol. The molecule has 0 aliphatic heterocycles. The summed E-state index contributed by atoms with van der Waals surface area (Å²) in [7, 11) is 0. The molecule has 1 aliphatic rings. The Labute approximate surface area is 320 Å². The van der Waals surface area contributed by atoms with Gasteiger partial charge in [0, 0.05) is 16.6 Å². The van der Waals surface area contributed by atoms with E-state index in [4.69, 9.17) is 4.42 Å². The first-order valence-corrected chi connectivity index (χ1v) is 18.9. The summed E-state index contributed by atoms with van der Waals surface area (Å²) in [5, 5.41) is 4.68. The molecule has 0 spiro atoms. The van der Waals surface area contributed by atoms with Gasteiger partial charge in [0.1, 0.15) is 11.2 Å². The van der Waals surface area contributed by atoms with Crippen LogP contribution in [-0.2, 0) is 5.41 Å². The third-order valence-corrected chi connectivity index (χ3v) is 11.5. The molecular weight excluding hydrogens is 667 g/mol. The van der Waals surface area contributed by atoms with Gasteiger partial charge in [-0.25, -0.2) is 0 Å². The molecule has 11 rings (SSSR count). The van der Waals surface area contributed by atoms with Crippen molar-refractivity contribution in [1.82, 2.24) is 0 Å². The van der Waals surface area contributed by atoms with E-state index in [1.807, 2.05) is 6.07 Å². The van der Waals surface area contributed by atoms with Crippen LogP contribution in [0, 0.1) is 0 Å². The summed E-state index contributed by atoms with van der Waals surface area (Å²) in [6.07, 6.45) is 0. The van der Waals surface area contributed by atoms with Crippen molar-refractivity contribution in [2.24, 2.45) is 0 Å². The lowest BCUT2D eigenvalue weighted by Gasteiger charge is -2.34. The normalized spacial score (nSPS) is 12.9. The molecular formula is C53H35NO. The highest BCUT2D eigenvalue weighted by atomic mass is 16.3. The van der Waals surface area contributed by atoms with Crippen LogP contribution < -0.4 is 4.90 Å². The van der Waals surface area contributed by atoms with E-state index >= 15 is 0 Å². The summed E-state index contributed by atoms with van der Waals surface area (Å²) in [5.74, 6) is 0. The first kappa shape index (κ1) is 31.4. The number of anilines is 3. The van der Waals surface area contributed by atoms with Gasteiger partial charge in [0.05, 0.1) is 22.2 Å². The van der Waals surface area contributed by atoms with E-state index in [0.717, 1.165) is 39.0 Å². The minimum atomic E-state index is -0.510. The summed E-state index contributed by atoms with van der Waals surface area (Å²) >= 11 is 0. The van der Waals surface area contributed by atoms with E-state index in [0.29, 0.717) is 0 Å². The lowest BCUT2D eigenvalue weighted by molar-refractivity contribution is 0.669. The van der Waals surface area contributed by atoms with Crippen LogP contribution in [-0.4, -0.2) is 0 Å². The molecule has 1 aromatic heterocycles. The number of hydrogen-bond acceptors (Lipinski definition) is 2. The molecule has 0 atom stereocenters. The van der Waals surface area contributed by atoms with E-state index in [-0.39, 0.29) is 0 Å². The highest BCUT2D eigenvalue weighted by Crippen LogP contribution is 2.60. The molecule has 0 unspecified atom stereocenters. The molecule has 258 valence electrons. The Morgan fingerprint density at radius 1 is 0.400 bits per heavy atom. The van der Waals surface area contributed by atoms with E-state index in [2.05, 4.69) is 211 Å². The van der Waals surface area contributed by atoms with E-state index < -0.39 is 5.41 Å². The zero-order valence-corrected chi connectivity index (χ0v) is 30.1. The topological polar surface area (TPSA) is 16.4 Å². The average Bonchev–Trinajstić information content (AvgIpc) is 3.79. The highest BCUT2D eigenvalue weighted by molar-refractivity contribution is 6.14. The second-order valence-corrected chi connectivity index (χ2v) is 14.4. The van der Waals surface area contributed by atoms with Crippen LogP contribution in [0.25, 0.3) is 55.0 Å². The van der Waals surface area contributed by atoms with Crippen LogP contribution in [0.5, 0.6) is 0 Å². The number of nitrogens with zero attached hydrogens (tertiary/aromatic N) is 1. The summed E-state index contributed by atoms with van der Waals surface area (Å²) in [5.41, 5.74) is 14.4.